The largest absolute Gasteiger partial charge is 0.302 e. The topological polar surface area (TPSA) is 67.9 Å². The minimum Gasteiger partial charge on any atom is -0.302 e. The number of nitrogens with zero attached hydrogens (tertiary/aromatic N) is 3. The highest BCUT2D eigenvalue weighted by Gasteiger charge is 2.41. The normalized spacial score (nSPS) is 41.3. The van der Waals surface area contributed by atoms with Crippen LogP contribution in [-0.4, -0.2) is 105 Å². The van der Waals surface area contributed by atoms with Crippen molar-refractivity contribution in [3.63, 3.8) is 0 Å². The zero-order valence-electron chi connectivity index (χ0n) is 20.1. The number of halogens is 1. The van der Waals surface area contributed by atoms with Gasteiger partial charge < -0.3 is 10.2 Å². The van der Waals surface area contributed by atoms with E-state index in [0.717, 1.165) is 44.2 Å². The van der Waals surface area contributed by atoms with Crippen molar-refractivity contribution in [1.82, 2.24) is 24.7 Å². The third kappa shape index (κ3) is 6.07. The Morgan fingerprint density at radius 1 is 0.909 bits per heavy atom. The lowest BCUT2D eigenvalue weighted by Gasteiger charge is -2.51. The summed E-state index contributed by atoms with van der Waals surface area (Å²) >= 11 is 6.17. The Kier molecular flexibility index (Phi) is 8.22. The van der Waals surface area contributed by atoms with Gasteiger partial charge in [-0.1, -0.05) is 0 Å². The predicted molar refractivity (Wildman–Crippen MR) is 134 cm³/mol. The van der Waals surface area contributed by atoms with Gasteiger partial charge in [-0.25, -0.2) is 13.1 Å². The number of nitrogens with one attached hydrogen (secondary N) is 2. The Morgan fingerprint density at radius 2 is 1.70 bits per heavy atom. The van der Waals surface area contributed by atoms with Crippen LogP contribution >= 0.6 is 11.6 Å². The molecule has 6 rings (SSSR count). The van der Waals surface area contributed by atoms with Crippen LogP contribution in [0.15, 0.2) is 0 Å². The van der Waals surface area contributed by atoms with Crippen LogP contribution in [0.2, 0.25) is 0 Å². The van der Waals surface area contributed by atoms with E-state index in [1.807, 2.05) is 0 Å². The number of piperidine rings is 4. The van der Waals surface area contributed by atoms with Crippen molar-refractivity contribution in [1.29, 1.82) is 0 Å². The number of hydrogen-bond donors (Lipinski definition) is 2. The first kappa shape index (κ1) is 24.7. The molecule has 33 heavy (non-hydrogen) atoms. The van der Waals surface area contributed by atoms with Crippen molar-refractivity contribution < 1.29 is 8.42 Å². The second-order valence-corrected chi connectivity index (χ2v) is 13.9. The highest BCUT2D eigenvalue weighted by molar-refractivity contribution is 7.90. The number of fused-ring (bicyclic) bond motifs is 3. The lowest BCUT2D eigenvalue weighted by Crippen LogP contribution is -2.60. The molecule has 0 aromatic carbocycles. The van der Waals surface area contributed by atoms with E-state index in [1.165, 1.54) is 65.0 Å². The number of hydrogen-bond acceptors (Lipinski definition) is 6. The third-order valence-electron chi connectivity index (χ3n) is 9.20. The molecule has 5 unspecified atom stereocenters. The summed E-state index contributed by atoms with van der Waals surface area (Å²) in [6, 6.07) is 0.369. The zero-order valence-corrected chi connectivity index (χ0v) is 21.7. The van der Waals surface area contributed by atoms with Crippen LogP contribution in [0.1, 0.15) is 57.8 Å². The van der Waals surface area contributed by atoms with Gasteiger partial charge in [0.2, 0.25) is 10.0 Å². The molecule has 2 bridgehead atoms. The summed E-state index contributed by atoms with van der Waals surface area (Å²) < 4.78 is 28.6. The van der Waals surface area contributed by atoms with E-state index in [1.54, 1.807) is 0 Å². The fourth-order valence-corrected chi connectivity index (χ4v) is 8.87. The molecule has 2 N–H and O–H groups in total. The van der Waals surface area contributed by atoms with Gasteiger partial charge in [0, 0.05) is 57.2 Å². The van der Waals surface area contributed by atoms with E-state index in [0.29, 0.717) is 31.6 Å². The van der Waals surface area contributed by atoms with Gasteiger partial charge >= 0.3 is 0 Å². The molecular weight excluding hydrogens is 458 g/mol. The highest BCUT2D eigenvalue weighted by atomic mass is 35.5. The fraction of sp³-hybridized carbons (Fsp3) is 1.00. The first-order valence-corrected chi connectivity index (χ1v) is 15.5. The summed E-state index contributed by atoms with van der Waals surface area (Å²) in [6.07, 6.45) is 10.1. The molecule has 0 radical (unpaired) electrons. The number of piperazine rings is 1. The van der Waals surface area contributed by atoms with Crippen LogP contribution in [0.3, 0.4) is 0 Å². The SMILES string of the molecule is O=S(=O)(NCC1CC2CCN1CC2CN1CCN(C2CCCCN2)CC1)C1CCC(Cl)CC1. The van der Waals surface area contributed by atoms with E-state index in [9.17, 15) is 8.42 Å². The van der Waals surface area contributed by atoms with E-state index in [-0.39, 0.29) is 10.6 Å². The fourth-order valence-electron chi connectivity index (χ4n) is 7.07. The van der Waals surface area contributed by atoms with Crippen LogP contribution in [0.5, 0.6) is 0 Å². The Morgan fingerprint density at radius 3 is 2.36 bits per heavy atom. The van der Waals surface area contributed by atoms with Crippen molar-refractivity contribution in [2.45, 2.75) is 80.6 Å². The van der Waals surface area contributed by atoms with Crippen LogP contribution < -0.4 is 10.0 Å². The van der Waals surface area contributed by atoms with Crippen LogP contribution in [-0.2, 0) is 10.0 Å². The van der Waals surface area contributed by atoms with Crippen molar-refractivity contribution in [3.8, 4) is 0 Å². The van der Waals surface area contributed by atoms with Crippen molar-refractivity contribution in [2.75, 3.05) is 58.9 Å². The van der Waals surface area contributed by atoms with E-state index < -0.39 is 10.0 Å². The average Bonchev–Trinajstić information content (AvgIpc) is 2.85. The standard InChI is InChI=1S/C24H44ClN5O2S/c25-21-4-6-23(7-5-21)33(31,32)27-16-22-15-19-8-10-30(22)18-20(19)17-28-11-13-29(14-12-28)24-3-1-2-9-26-24/h19-24,26-27H,1-18H2. The molecule has 9 heteroatoms. The molecule has 5 heterocycles. The van der Waals surface area contributed by atoms with Gasteiger partial charge in [0.25, 0.3) is 0 Å². The summed E-state index contributed by atoms with van der Waals surface area (Å²) in [5.41, 5.74) is 0. The first-order valence-electron chi connectivity index (χ1n) is 13.5. The van der Waals surface area contributed by atoms with Crippen molar-refractivity contribution >= 4 is 21.6 Å². The Balaban J connectivity index is 1.06. The molecule has 0 spiro atoms. The molecule has 0 amide bonds. The number of rotatable bonds is 7. The van der Waals surface area contributed by atoms with Gasteiger partial charge in [0.15, 0.2) is 0 Å². The Bertz CT molecular complexity index is 733. The Hall–Kier alpha value is 0.0400. The van der Waals surface area contributed by atoms with Crippen LogP contribution in [0.4, 0.5) is 0 Å². The molecule has 5 atom stereocenters. The third-order valence-corrected chi connectivity index (χ3v) is 11.6. The summed E-state index contributed by atoms with van der Waals surface area (Å²) in [5.74, 6) is 1.49. The maximum atomic E-state index is 12.8. The van der Waals surface area contributed by atoms with Crippen LogP contribution in [0.25, 0.3) is 0 Å². The van der Waals surface area contributed by atoms with E-state index in [2.05, 4.69) is 24.7 Å². The van der Waals surface area contributed by atoms with Gasteiger partial charge in [-0.3, -0.25) is 9.80 Å². The quantitative estimate of drug-likeness (QED) is 0.519. The lowest BCUT2D eigenvalue weighted by molar-refractivity contribution is -0.0199. The molecular formula is C24H44ClN5O2S. The summed E-state index contributed by atoms with van der Waals surface area (Å²) in [4.78, 5) is 7.93. The maximum Gasteiger partial charge on any atom is 0.214 e. The van der Waals surface area contributed by atoms with Gasteiger partial charge in [-0.05, 0) is 82.7 Å². The summed E-state index contributed by atoms with van der Waals surface area (Å²) in [5, 5.41) is 3.61. The molecule has 5 aliphatic heterocycles. The second kappa shape index (κ2) is 11.0. The predicted octanol–water partition coefficient (Wildman–Crippen LogP) is 1.88. The summed E-state index contributed by atoms with van der Waals surface area (Å²) in [6.45, 7) is 10.0. The minimum absolute atomic E-state index is 0.153. The minimum atomic E-state index is -3.23. The van der Waals surface area contributed by atoms with Gasteiger partial charge in [0.05, 0.1) is 11.4 Å². The van der Waals surface area contributed by atoms with Crippen molar-refractivity contribution in [3.05, 3.63) is 0 Å². The smallest absolute Gasteiger partial charge is 0.214 e. The summed E-state index contributed by atoms with van der Waals surface area (Å²) in [7, 11) is -3.23. The maximum absolute atomic E-state index is 12.8. The molecule has 7 nitrogen and oxygen atoms in total. The second-order valence-electron chi connectivity index (χ2n) is 11.3. The van der Waals surface area contributed by atoms with Gasteiger partial charge in [0.1, 0.15) is 0 Å². The number of sulfonamides is 1. The van der Waals surface area contributed by atoms with Crippen molar-refractivity contribution in [2.24, 2.45) is 11.8 Å². The highest BCUT2D eigenvalue weighted by Crippen LogP contribution is 2.37. The van der Waals surface area contributed by atoms with E-state index >= 15 is 0 Å². The van der Waals surface area contributed by atoms with Gasteiger partial charge in [-0.15, -0.1) is 11.6 Å². The van der Waals surface area contributed by atoms with Gasteiger partial charge in [-0.2, -0.15) is 0 Å². The zero-order chi connectivity index (χ0) is 22.8. The first-order chi connectivity index (χ1) is 16.0. The molecule has 190 valence electrons. The van der Waals surface area contributed by atoms with E-state index in [4.69, 9.17) is 11.6 Å². The molecule has 0 aromatic rings. The molecule has 6 fully saturated rings. The molecule has 1 saturated carbocycles. The van der Waals surface area contributed by atoms with Crippen LogP contribution in [0, 0.1) is 11.8 Å². The average molecular weight is 502 g/mol. The lowest BCUT2D eigenvalue weighted by atomic mass is 9.75. The monoisotopic (exact) mass is 501 g/mol. The molecule has 6 aliphatic rings. The molecule has 5 saturated heterocycles. The molecule has 0 aromatic heterocycles. The number of alkyl halides is 1. The Labute approximate surface area is 206 Å². The molecule has 1 aliphatic carbocycles.